The lowest BCUT2D eigenvalue weighted by Crippen LogP contribution is -2.32. The maximum atomic E-state index is 11.6. The molecule has 1 aliphatic rings. The van der Waals surface area contributed by atoms with Gasteiger partial charge in [-0.15, -0.1) is 0 Å². The van der Waals surface area contributed by atoms with Crippen molar-refractivity contribution in [2.75, 3.05) is 23.8 Å². The van der Waals surface area contributed by atoms with Crippen LogP contribution < -0.4 is 11.1 Å². The number of carbonyl (C=O) groups is 1. The normalized spacial score (nSPS) is 19.9. The van der Waals surface area contributed by atoms with Crippen LogP contribution in [0.1, 0.15) is 6.42 Å². The number of nitrogens with two attached hydrogens (primary N) is 1. The monoisotopic (exact) mass is 240 g/mol. The molecule has 1 unspecified atom stereocenters. The topological polar surface area (TPSA) is 72.9 Å². The van der Waals surface area contributed by atoms with E-state index in [2.05, 4.69) is 10.4 Å². The highest BCUT2D eigenvalue weighted by Crippen LogP contribution is 2.22. The highest BCUT2D eigenvalue weighted by Gasteiger charge is 2.16. The number of carbonyl (C=O) groups excluding carboxylic acids is 1. The van der Waals surface area contributed by atoms with Crippen molar-refractivity contribution < 1.29 is 4.79 Å². The average Bonchev–Trinajstić information content (AvgIpc) is 2.87. The molecule has 2 rings (SSSR count). The number of nitrogens with one attached hydrogen (secondary N) is 1. The molecule has 5 nitrogen and oxygen atoms in total. The van der Waals surface area contributed by atoms with Crippen LogP contribution in [-0.2, 0) is 11.3 Å². The van der Waals surface area contributed by atoms with E-state index in [9.17, 15) is 4.79 Å². The van der Waals surface area contributed by atoms with E-state index in [-0.39, 0.29) is 12.5 Å². The summed E-state index contributed by atoms with van der Waals surface area (Å²) >= 11 is 1.96. The Hall–Kier alpha value is -1.17. The molecule has 1 fully saturated rings. The molecule has 0 aliphatic carbocycles. The van der Waals surface area contributed by atoms with Gasteiger partial charge < -0.3 is 11.1 Å². The van der Waals surface area contributed by atoms with Crippen LogP contribution in [0.2, 0.25) is 0 Å². The first-order valence-electron chi connectivity index (χ1n) is 5.37. The Morgan fingerprint density at radius 3 is 3.25 bits per heavy atom. The second kappa shape index (κ2) is 5.25. The number of aromatic nitrogens is 2. The SMILES string of the molecule is Nc1ccn(CC(=O)NCC2CCSC2)n1. The Bertz CT molecular complexity index is 359. The predicted octanol–water partition coefficient (Wildman–Crippen LogP) is 0.335. The van der Waals surface area contributed by atoms with Gasteiger partial charge in [0, 0.05) is 12.7 Å². The minimum atomic E-state index is 0.000000000000000222. The van der Waals surface area contributed by atoms with Crippen molar-refractivity contribution in [3.8, 4) is 0 Å². The average molecular weight is 240 g/mol. The molecule has 1 aromatic rings. The van der Waals surface area contributed by atoms with Crippen LogP contribution in [0.25, 0.3) is 0 Å². The summed E-state index contributed by atoms with van der Waals surface area (Å²) < 4.78 is 1.55. The Kier molecular flexibility index (Phi) is 3.71. The van der Waals surface area contributed by atoms with Crippen LogP contribution in [0.15, 0.2) is 12.3 Å². The molecule has 1 atom stereocenters. The lowest BCUT2D eigenvalue weighted by Gasteiger charge is -2.09. The summed E-state index contributed by atoms with van der Waals surface area (Å²) in [5.41, 5.74) is 5.46. The lowest BCUT2D eigenvalue weighted by molar-refractivity contribution is -0.122. The first-order chi connectivity index (χ1) is 7.74. The van der Waals surface area contributed by atoms with Crippen molar-refractivity contribution >= 4 is 23.5 Å². The Labute approximate surface area is 98.8 Å². The Balaban J connectivity index is 1.71. The highest BCUT2D eigenvalue weighted by molar-refractivity contribution is 7.99. The third kappa shape index (κ3) is 3.16. The first kappa shape index (κ1) is 11.3. The summed E-state index contributed by atoms with van der Waals surface area (Å²) in [5.74, 6) is 3.46. The molecule has 6 heteroatoms. The van der Waals surface area contributed by atoms with Crippen LogP contribution in [0, 0.1) is 5.92 Å². The van der Waals surface area contributed by atoms with E-state index in [4.69, 9.17) is 5.73 Å². The van der Waals surface area contributed by atoms with E-state index < -0.39 is 0 Å². The summed E-state index contributed by atoms with van der Waals surface area (Å²) in [4.78, 5) is 11.6. The van der Waals surface area contributed by atoms with Crippen molar-refractivity contribution in [2.45, 2.75) is 13.0 Å². The summed E-state index contributed by atoms with van der Waals surface area (Å²) in [7, 11) is 0. The second-order valence-electron chi connectivity index (χ2n) is 3.97. The summed E-state index contributed by atoms with van der Waals surface area (Å²) in [6.07, 6.45) is 2.92. The van der Waals surface area contributed by atoms with E-state index in [0.717, 1.165) is 12.3 Å². The van der Waals surface area contributed by atoms with Crippen molar-refractivity contribution in [1.82, 2.24) is 15.1 Å². The van der Waals surface area contributed by atoms with Gasteiger partial charge in [0.05, 0.1) is 0 Å². The van der Waals surface area contributed by atoms with Crippen LogP contribution in [-0.4, -0.2) is 33.7 Å². The molecule has 1 aliphatic heterocycles. The largest absolute Gasteiger partial charge is 0.382 e. The van der Waals surface area contributed by atoms with E-state index in [1.165, 1.54) is 12.2 Å². The minimum Gasteiger partial charge on any atom is -0.382 e. The van der Waals surface area contributed by atoms with Gasteiger partial charge in [-0.3, -0.25) is 9.48 Å². The number of rotatable bonds is 4. The summed E-state index contributed by atoms with van der Waals surface area (Å²) in [6.45, 7) is 1.03. The molecule has 2 heterocycles. The minimum absolute atomic E-state index is 0.000000000000000222. The van der Waals surface area contributed by atoms with Crippen LogP contribution in [0.3, 0.4) is 0 Å². The van der Waals surface area contributed by atoms with Crippen LogP contribution in [0.4, 0.5) is 5.82 Å². The molecule has 0 radical (unpaired) electrons. The zero-order chi connectivity index (χ0) is 11.4. The van der Waals surface area contributed by atoms with Gasteiger partial charge in [-0.05, 0) is 29.9 Å². The fraction of sp³-hybridized carbons (Fsp3) is 0.600. The quantitative estimate of drug-likeness (QED) is 0.795. The summed E-state index contributed by atoms with van der Waals surface area (Å²) in [6, 6.07) is 1.68. The number of hydrogen-bond donors (Lipinski definition) is 2. The zero-order valence-corrected chi connectivity index (χ0v) is 9.87. The van der Waals surface area contributed by atoms with Crippen molar-refractivity contribution in [2.24, 2.45) is 5.92 Å². The fourth-order valence-electron chi connectivity index (χ4n) is 1.67. The molecular formula is C10H16N4OS. The number of nitrogen functional groups attached to an aromatic ring is 1. The van der Waals surface area contributed by atoms with Gasteiger partial charge in [0.2, 0.25) is 5.91 Å². The predicted molar refractivity (Wildman–Crippen MR) is 65.1 cm³/mol. The molecular weight excluding hydrogens is 224 g/mol. The van der Waals surface area contributed by atoms with E-state index in [1.807, 2.05) is 11.8 Å². The fourth-order valence-corrected chi connectivity index (χ4v) is 2.96. The van der Waals surface area contributed by atoms with Gasteiger partial charge in [-0.2, -0.15) is 16.9 Å². The maximum absolute atomic E-state index is 11.6. The number of anilines is 1. The number of nitrogens with zero attached hydrogens (tertiary/aromatic N) is 2. The van der Waals surface area contributed by atoms with Gasteiger partial charge in [-0.1, -0.05) is 0 Å². The molecule has 0 spiro atoms. The van der Waals surface area contributed by atoms with E-state index in [0.29, 0.717) is 11.7 Å². The van der Waals surface area contributed by atoms with Crippen LogP contribution in [0.5, 0.6) is 0 Å². The molecule has 0 bridgehead atoms. The molecule has 88 valence electrons. The summed E-state index contributed by atoms with van der Waals surface area (Å²) in [5, 5.41) is 6.89. The van der Waals surface area contributed by atoms with Gasteiger partial charge in [-0.25, -0.2) is 0 Å². The standard InChI is InChI=1S/C10H16N4OS/c11-9-1-3-14(13-9)6-10(15)12-5-8-2-4-16-7-8/h1,3,8H,2,4-7H2,(H2,11,13)(H,12,15). The highest BCUT2D eigenvalue weighted by atomic mass is 32.2. The van der Waals surface area contributed by atoms with E-state index in [1.54, 1.807) is 16.9 Å². The Morgan fingerprint density at radius 1 is 1.75 bits per heavy atom. The molecule has 0 saturated carbocycles. The number of amides is 1. The Morgan fingerprint density at radius 2 is 2.62 bits per heavy atom. The third-order valence-corrected chi connectivity index (χ3v) is 3.81. The second-order valence-corrected chi connectivity index (χ2v) is 5.12. The van der Waals surface area contributed by atoms with E-state index >= 15 is 0 Å². The maximum Gasteiger partial charge on any atom is 0.241 e. The van der Waals surface area contributed by atoms with Crippen LogP contribution >= 0.6 is 11.8 Å². The van der Waals surface area contributed by atoms with Gasteiger partial charge >= 0.3 is 0 Å². The molecule has 1 amide bonds. The smallest absolute Gasteiger partial charge is 0.241 e. The van der Waals surface area contributed by atoms with Crippen molar-refractivity contribution in [3.63, 3.8) is 0 Å². The van der Waals surface area contributed by atoms with Gasteiger partial charge in [0.25, 0.3) is 0 Å². The lowest BCUT2D eigenvalue weighted by atomic mass is 10.1. The zero-order valence-electron chi connectivity index (χ0n) is 9.06. The third-order valence-electron chi connectivity index (χ3n) is 2.58. The molecule has 3 N–H and O–H groups in total. The number of hydrogen-bond acceptors (Lipinski definition) is 4. The first-order valence-corrected chi connectivity index (χ1v) is 6.53. The molecule has 0 aromatic carbocycles. The molecule has 1 aromatic heterocycles. The van der Waals surface area contributed by atoms with Crippen molar-refractivity contribution in [3.05, 3.63) is 12.3 Å². The van der Waals surface area contributed by atoms with Crippen molar-refractivity contribution in [1.29, 1.82) is 0 Å². The van der Waals surface area contributed by atoms with Gasteiger partial charge in [0.15, 0.2) is 0 Å². The van der Waals surface area contributed by atoms with Gasteiger partial charge in [0.1, 0.15) is 12.4 Å². The molecule has 1 saturated heterocycles. The molecule has 16 heavy (non-hydrogen) atoms. The number of thioether (sulfide) groups is 1.